The summed E-state index contributed by atoms with van der Waals surface area (Å²) < 4.78 is 0. The average Bonchev–Trinajstić information content (AvgIpc) is 3.00. The minimum atomic E-state index is 1.10. The van der Waals surface area contributed by atoms with Gasteiger partial charge in [-0.05, 0) is 74.9 Å². The predicted octanol–water partition coefficient (Wildman–Crippen LogP) is 5.39. The summed E-state index contributed by atoms with van der Waals surface area (Å²) in [5.74, 6) is 0. The molecular weight excluding hydrogens is 280 g/mol. The Morgan fingerprint density at radius 1 is 1.00 bits per heavy atom. The lowest BCUT2D eigenvalue weighted by Gasteiger charge is -2.17. The van der Waals surface area contributed by atoms with E-state index >= 15 is 0 Å². The van der Waals surface area contributed by atoms with Crippen LogP contribution in [-0.2, 0) is 12.8 Å². The second kappa shape index (κ2) is 5.38. The first kappa shape index (κ1) is 14.3. The van der Waals surface area contributed by atoms with Crippen molar-refractivity contribution in [1.82, 2.24) is 4.98 Å². The number of nitrogens with one attached hydrogen (secondary N) is 1. The number of benzene rings is 2. The van der Waals surface area contributed by atoms with E-state index in [1.165, 1.54) is 51.1 Å². The van der Waals surface area contributed by atoms with Gasteiger partial charge in [-0.15, -0.1) is 0 Å². The van der Waals surface area contributed by atoms with E-state index in [1.807, 2.05) is 0 Å². The highest BCUT2D eigenvalue weighted by molar-refractivity contribution is 5.96. The first-order chi connectivity index (χ1) is 11.1. The molecule has 0 atom stereocenters. The highest BCUT2D eigenvalue weighted by Gasteiger charge is 2.20. The Kier molecular flexibility index (Phi) is 3.33. The number of aryl methyl sites for hydroxylation is 3. The van der Waals surface area contributed by atoms with Gasteiger partial charge in [0, 0.05) is 16.8 Å². The highest BCUT2D eigenvalue weighted by atomic mass is 14.9. The Balaban J connectivity index is 1.94. The van der Waals surface area contributed by atoms with Crippen LogP contribution in [0.2, 0.25) is 0 Å². The maximum Gasteiger partial charge on any atom is 0.0726 e. The van der Waals surface area contributed by atoms with E-state index in [9.17, 15) is 0 Å². The molecule has 116 valence electrons. The van der Waals surface area contributed by atoms with Crippen LogP contribution in [0, 0.1) is 20.8 Å². The van der Waals surface area contributed by atoms with Gasteiger partial charge in [-0.1, -0.05) is 23.8 Å². The van der Waals surface area contributed by atoms with E-state index in [1.54, 1.807) is 0 Å². The lowest BCUT2D eigenvalue weighted by Crippen LogP contribution is -2.02. The summed E-state index contributed by atoms with van der Waals surface area (Å²) in [6.07, 6.45) is 3.43. The topological polar surface area (TPSA) is 24.9 Å². The van der Waals surface area contributed by atoms with Gasteiger partial charge in [0.1, 0.15) is 0 Å². The van der Waals surface area contributed by atoms with Crippen LogP contribution in [-0.4, -0.2) is 4.98 Å². The fourth-order valence-corrected chi connectivity index (χ4v) is 3.54. The zero-order valence-corrected chi connectivity index (χ0v) is 14.0. The monoisotopic (exact) mass is 302 g/mol. The van der Waals surface area contributed by atoms with Gasteiger partial charge in [0.05, 0.1) is 11.2 Å². The molecule has 0 unspecified atom stereocenters. The molecule has 3 aromatic rings. The van der Waals surface area contributed by atoms with Crippen molar-refractivity contribution in [2.24, 2.45) is 0 Å². The number of pyridine rings is 1. The molecule has 0 radical (unpaired) electrons. The van der Waals surface area contributed by atoms with Crippen molar-refractivity contribution in [3.63, 3.8) is 0 Å². The summed E-state index contributed by atoms with van der Waals surface area (Å²) >= 11 is 0. The van der Waals surface area contributed by atoms with E-state index in [-0.39, 0.29) is 0 Å². The van der Waals surface area contributed by atoms with Gasteiger partial charge in [0.25, 0.3) is 0 Å². The number of fused-ring (bicyclic) bond motifs is 2. The Morgan fingerprint density at radius 2 is 1.87 bits per heavy atom. The van der Waals surface area contributed by atoms with Crippen LogP contribution in [0.4, 0.5) is 11.4 Å². The van der Waals surface area contributed by atoms with Gasteiger partial charge in [-0.2, -0.15) is 0 Å². The molecule has 1 aromatic heterocycles. The van der Waals surface area contributed by atoms with E-state index < -0.39 is 0 Å². The van der Waals surface area contributed by atoms with Gasteiger partial charge in [0.2, 0.25) is 0 Å². The summed E-state index contributed by atoms with van der Waals surface area (Å²) in [5, 5.41) is 4.99. The molecule has 1 heterocycles. The second-order valence-electron chi connectivity index (χ2n) is 6.66. The van der Waals surface area contributed by atoms with Crippen LogP contribution in [0.5, 0.6) is 0 Å². The van der Waals surface area contributed by atoms with Crippen molar-refractivity contribution in [1.29, 1.82) is 0 Å². The third-order valence-corrected chi connectivity index (χ3v) is 5.03. The standard InChI is InChI=1S/C21H22N2/c1-13-10-11-20-17(12-13)21(16-7-5-9-19(16)22-20)23-18-8-4-6-14(2)15(18)3/h4,6,8,10-12H,5,7,9H2,1-3H3,(H,22,23). The molecule has 2 nitrogen and oxygen atoms in total. The van der Waals surface area contributed by atoms with E-state index in [2.05, 4.69) is 62.5 Å². The van der Waals surface area contributed by atoms with Crippen LogP contribution < -0.4 is 5.32 Å². The van der Waals surface area contributed by atoms with Crippen molar-refractivity contribution in [3.05, 3.63) is 64.3 Å². The third kappa shape index (κ3) is 2.39. The number of hydrogen-bond donors (Lipinski definition) is 1. The van der Waals surface area contributed by atoms with Crippen LogP contribution in [0.1, 0.15) is 34.4 Å². The molecular formula is C21H22N2. The number of rotatable bonds is 2. The van der Waals surface area contributed by atoms with Gasteiger partial charge in [-0.3, -0.25) is 4.98 Å². The molecule has 23 heavy (non-hydrogen) atoms. The molecule has 0 amide bonds. The van der Waals surface area contributed by atoms with E-state index in [0.717, 1.165) is 18.4 Å². The lowest BCUT2D eigenvalue weighted by molar-refractivity contribution is 0.901. The van der Waals surface area contributed by atoms with Gasteiger partial charge in [-0.25, -0.2) is 0 Å². The molecule has 0 saturated heterocycles. The number of hydrogen-bond acceptors (Lipinski definition) is 2. The number of anilines is 2. The Bertz CT molecular complexity index is 909. The van der Waals surface area contributed by atoms with Crippen LogP contribution in [0.15, 0.2) is 36.4 Å². The van der Waals surface area contributed by atoms with Crippen molar-refractivity contribution in [2.75, 3.05) is 5.32 Å². The van der Waals surface area contributed by atoms with Crippen molar-refractivity contribution >= 4 is 22.3 Å². The third-order valence-electron chi connectivity index (χ3n) is 5.03. The fraction of sp³-hybridized carbons (Fsp3) is 0.286. The predicted molar refractivity (Wildman–Crippen MR) is 97.7 cm³/mol. The minimum absolute atomic E-state index is 1.10. The van der Waals surface area contributed by atoms with Crippen LogP contribution >= 0.6 is 0 Å². The van der Waals surface area contributed by atoms with Crippen molar-refractivity contribution < 1.29 is 0 Å². The molecule has 1 aliphatic carbocycles. The molecule has 0 spiro atoms. The van der Waals surface area contributed by atoms with Gasteiger partial charge < -0.3 is 5.32 Å². The zero-order chi connectivity index (χ0) is 16.0. The molecule has 2 aromatic carbocycles. The fourth-order valence-electron chi connectivity index (χ4n) is 3.54. The SMILES string of the molecule is Cc1ccc2nc3c(c(Nc4cccc(C)c4C)c2c1)CCC3. The smallest absolute Gasteiger partial charge is 0.0726 e. The number of aromatic nitrogens is 1. The van der Waals surface area contributed by atoms with Crippen molar-refractivity contribution in [2.45, 2.75) is 40.0 Å². The highest BCUT2D eigenvalue weighted by Crippen LogP contribution is 2.37. The van der Waals surface area contributed by atoms with Crippen LogP contribution in [0.3, 0.4) is 0 Å². The molecule has 0 bridgehead atoms. The summed E-state index contributed by atoms with van der Waals surface area (Å²) in [4.78, 5) is 4.90. The van der Waals surface area contributed by atoms with Crippen LogP contribution in [0.25, 0.3) is 10.9 Å². The lowest BCUT2D eigenvalue weighted by atomic mass is 10.0. The molecule has 0 fully saturated rings. The molecule has 4 rings (SSSR count). The Morgan fingerprint density at radius 3 is 2.74 bits per heavy atom. The van der Waals surface area contributed by atoms with E-state index in [0.29, 0.717) is 0 Å². The minimum Gasteiger partial charge on any atom is -0.354 e. The Labute approximate surface area is 137 Å². The van der Waals surface area contributed by atoms with Gasteiger partial charge in [0.15, 0.2) is 0 Å². The summed E-state index contributed by atoms with van der Waals surface area (Å²) in [6.45, 7) is 6.50. The maximum atomic E-state index is 4.90. The molecule has 1 N–H and O–H groups in total. The first-order valence-corrected chi connectivity index (χ1v) is 8.39. The maximum absolute atomic E-state index is 4.90. The summed E-state index contributed by atoms with van der Waals surface area (Å²) in [6, 6.07) is 13.0. The normalized spacial score (nSPS) is 13.3. The first-order valence-electron chi connectivity index (χ1n) is 8.39. The Hall–Kier alpha value is -2.35. The van der Waals surface area contributed by atoms with E-state index in [4.69, 9.17) is 4.98 Å². The molecule has 2 heteroatoms. The molecule has 1 aliphatic rings. The van der Waals surface area contributed by atoms with Crippen molar-refractivity contribution in [3.8, 4) is 0 Å². The summed E-state index contributed by atoms with van der Waals surface area (Å²) in [5.41, 5.74) is 10.2. The largest absolute Gasteiger partial charge is 0.354 e. The molecule has 0 saturated carbocycles. The zero-order valence-electron chi connectivity index (χ0n) is 14.0. The molecule has 0 aliphatic heterocycles. The quantitative estimate of drug-likeness (QED) is 0.686. The average molecular weight is 302 g/mol. The summed E-state index contributed by atoms with van der Waals surface area (Å²) in [7, 11) is 0. The van der Waals surface area contributed by atoms with Gasteiger partial charge >= 0.3 is 0 Å². The second-order valence-corrected chi connectivity index (χ2v) is 6.66. The number of nitrogens with zero attached hydrogens (tertiary/aromatic N) is 1.